The van der Waals surface area contributed by atoms with Crippen molar-refractivity contribution in [1.29, 1.82) is 0 Å². The number of carbonyl (C=O) groups excluding carboxylic acids is 2. The molecular weight excluding hydrogens is 252 g/mol. The SMILES string of the molecule is CCNC(=O)CC[C@@H](C(=O)O)N1CC(CO)CC1=O. The maximum Gasteiger partial charge on any atom is 0.326 e. The molecule has 1 heterocycles. The Labute approximate surface area is 111 Å². The first-order chi connectivity index (χ1) is 8.99. The molecule has 3 N–H and O–H groups in total. The zero-order chi connectivity index (χ0) is 14.4. The zero-order valence-electron chi connectivity index (χ0n) is 11.0. The van der Waals surface area contributed by atoms with Gasteiger partial charge in [0.15, 0.2) is 0 Å². The van der Waals surface area contributed by atoms with Gasteiger partial charge in [-0.25, -0.2) is 4.79 Å². The number of nitrogens with one attached hydrogen (secondary N) is 1. The first-order valence-corrected chi connectivity index (χ1v) is 6.39. The predicted molar refractivity (Wildman–Crippen MR) is 66.2 cm³/mol. The molecule has 1 saturated heterocycles. The molecule has 108 valence electrons. The lowest BCUT2D eigenvalue weighted by Gasteiger charge is -2.24. The van der Waals surface area contributed by atoms with Crippen LogP contribution in [-0.2, 0) is 14.4 Å². The minimum absolute atomic E-state index is 0.0678. The Morgan fingerprint density at radius 2 is 2.21 bits per heavy atom. The van der Waals surface area contributed by atoms with E-state index in [0.29, 0.717) is 6.54 Å². The van der Waals surface area contributed by atoms with Crippen LogP contribution in [0.1, 0.15) is 26.2 Å². The van der Waals surface area contributed by atoms with E-state index in [1.165, 1.54) is 4.90 Å². The summed E-state index contributed by atoms with van der Waals surface area (Å²) in [7, 11) is 0. The van der Waals surface area contributed by atoms with Gasteiger partial charge in [0, 0.05) is 38.5 Å². The molecule has 0 aliphatic carbocycles. The third-order valence-corrected chi connectivity index (χ3v) is 3.18. The molecule has 1 unspecified atom stereocenters. The lowest BCUT2D eigenvalue weighted by Crippen LogP contribution is -2.43. The Morgan fingerprint density at radius 3 is 2.68 bits per heavy atom. The van der Waals surface area contributed by atoms with Gasteiger partial charge in [-0.15, -0.1) is 0 Å². The summed E-state index contributed by atoms with van der Waals surface area (Å²) in [6, 6.07) is -0.994. The second kappa shape index (κ2) is 7.08. The molecule has 1 rings (SSSR count). The number of carboxylic acids is 1. The summed E-state index contributed by atoms with van der Waals surface area (Å²) in [4.78, 5) is 35.5. The average Bonchev–Trinajstić information content (AvgIpc) is 2.71. The molecular formula is C12H20N2O5. The van der Waals surface area contributed by atoms with Gasteiger partial charge in [-0.05, 0) is 13.3 Å². The molecule has 0 aromatic rings. The summed E-state index contributed by atoms with van der Waals surface area (Å²) >= 11 is 0. The Morgan fingerprint density at radius 1 is 1.53 bits per heavy atom. The van der Waals surface area contributed by atoms with Crippen molar-refractivity contribution in [3.8, 4) is 0 Å². The molecule has 19 heavy (non-hydrogen) atoms. The van der Waals surface area contributed by atoms with Crippen molar-refractivity contribution in [2.24, 2.45) is 5.92 Å². The fraction of sp³-hybridized carbons (Fsp3) is 0.750. The lowest BCUT2D eigenvalue weighted by molar-refractivity contribution is -0.148. The Bertz CT molecular complexity index is 358. The molecule has 1 aliphatic heterocycles. The van der Waals surface area contributed by atoms with Crippen LogP contribution in [0, 0.1) is 5.92 Å². The summed E-state index contributed by atoms with van der Waals surface area (Å²) < 4.78 is 0. The predicted octanol–water partition coefficient (Wildman–Crippen LogP) is -0.803. The highest BCUT2D eigenvalue weighted by Gasteiger charge is 2.37. The van der Waals surface area contributed by atoms with E-state index in [9.17, 15) is 14.4 Å². The highest BCUT2D eigenvalue weighted by Crippen LogP contribution is 2.22. The fourth-order valence-electron chi connectivity index (χ4n) is 2.20. The van der Waals surface area contributed by atoms with Crippen LogP contribution in [0.5, 0.6) is 0 Å². The fourth-order valence-corrected chi connectivity index (χ4v) is 2.20. The van der Waals surface area contributed by atoms with Gasteiger partial charge in [0.2, 0.25) is 11.8 Å². The van der Waals surface area contributed by atoms with E-state index in [0.717, 1.165) is 0 Å². The van der Waals surface area contributed by atoms with Crippen molar-refractivity contribution in [3.63, 3.8) is 0 Å². The quantitative estimate of drug-likeness (QED) is 0.562. The number of likely N-dealkylation sites (tertiary alicyclic amines) is 1. The van der Waals surface area contributed by atoms with Crippen molar-refractivity contribution in [2.75, 3.05) is 19.7 Å². The normalized spacial score (nSPS) is 20.4. The molecule has 0 radical (unpaired) electrons. The minimum atomic E-state index is -1.11. The molecule has 0 aromatic carbocycles. The summed E-state index contributed by atoms with van der Waals surface area (Å²) in [5.41, 5.74) is 0. The smallest absolute Gasteiger partial charge is 0.326 e. The Balaban J connectivity index is 2.60. The number of carboxylic acid groups (broad SMARTS) is 1. The maximum atomic E-state index is 11.7. The number of aliphatic hydroxyl groups excluding tert-OH is 1. The topological polar surface area (TPSA) is 107 Å². The van der Waals surface area contributed by atoms with Crippen LogP contribution in [0.15, 0.2) is 0 Å². The van der Waals surface area contributed by atoms with Gasteiger partial charge < -0.3 is 20.4 Å². The summed E-state index contributed by atoms with van der Waals surface area (Å²) in [6.45, 7) is 2.38. The van der Waals surface area contributed by atoms with Crippen molar-refractivity contribution in [3.05, 3.63) is 0 Å². The van der Waals surface area contributed by atoms with Crippen molar-refractivity contribution in [1.82, 2.24) is 10.2 Å². The molecule has 1 fully saturated rings. The zero-order valence-corrected chi connectivity index (χ0v) is 11.0. The molecule has 7 nitrogen and oxygen atoms in total. The second-order valence-corrected chi connectivity index (χ2v) is 4.65. The number of hydrogen-bond donors (Lipinski definition) is 3. The Hall–Kier alpha value is -1.63. The minimum Gasteiger partial charge on any atom is -0.480 e. The monoisotopic (exact) mass is 272 g/mol. The van der Waals surface area contributed by atoms with Gasteiger partial charge in [0.25, 0.3) is 0 Å². The molecule has 0 spiro atoms. The van der Waals surface area contributed by atoms with E-state index in [2.05, 4.69) is 5.32 Å². The molecule has 7 heteroatoms. The van der Waals surface area contributed by atoms with Crippen LogP contribution in [0.3, 0.4) is 0 Å². The summed E-state index contributed by atoms with van der Waals surface area (Å²) in [6.07, 6.45) is 0.324. The second-order valence-electron chi connectivity index (χ2n) is 4.65. The summed E-state index contributed by atoms with van der Waals surface area (Å²) in [5, 5.41) is 20.8. The Kier molecular flexibility index (Phi) is 5.75. The van der Waals surface area contributed by atoms with Gasteiger partial charge in [0.1, 0.15) is 6.04 Å². The maximum absolute atomic E-state index is 11.7. The number of hydrogen-bond acceptors (Lipinski definition) is 4. The number of carbonyl (C=O) groups is 3. The van der Waals surface area contributed by atoms with Crippen molar-refractivity contribution >= 4 is 17.8 Å². The van der Waals surface area contributed by atoms with Gasteiger partial charge in [-0.2, -0.15) is 0 Å². The van der Waals surface area contributed by atoms with E-state index in [4.69, 9.17) is 10.2 Å². The molecule has 0 aromatic heterocycles. The number of aliphatic carboxylic acids is 1. The van der Waals surface area contributed by atoms with Crippen LogP contribution >= 0.6 is 0 Å². The summed E-state index contributed by atoms with van der Waals surface area (Å²) in [5.74, 6) is -1.82. The highest BCUT2D eigenvalue weighted by atomic mass is 16.4. The largest absolute Gasteiger partial charge is 0.480 e. The standard InChI is InChI=1S/C12H20N2O5/c1-2-13-10(16)4-3-9(12(18)19)14-6-8(7-15)5-11(14)17/h8-9,15H,2-7H2,1H3,(H,13,16)(H,18,19)/t8?,9-/m0/s1. The van der Waals surface area contributed by atoms with E-state index in [1.807, 2.05) is 0 Å². The van der Waals surface area contributed by atoms with Gasteiger partial charge >= 0.3 is 5.97 Å². The molecule has 1 aliphatic rings. The van der Waals surface area contributed by atoms with E-state index in [1.54, 1.807) is 6.92 Å². The van der Waals surface area contributed by atoms with Crippen molar-refractivity contribution in [2.45, 2.75) is 32.2 Å². The highest BCUT2D eigenvalue weighted by molar-refractivity contribution is 5.86. The van der Waals surface area contributed by atoms with E-state index < -0.39 is 12.0 Å². The third kappa shape index (κ3) is 4.20. The molecule has 0 bridgehead atoms. The number of amides is 2. The van der Waals surface area contributed by atoms with Gasteiger partial charge in [-0.3, -0.25) is 9.59 Å². The molecule has 2 amide bonds. The number of rotatable bonds is 7. The van der Waals surface area contributed by atoms with Crippen molar-refractivity contribution < 1.29 is 24.6 Å². The van der Waals surface area contributed by atoms with Crippen LogP contribution in [-0.4, -0.2) is 58.6 Å². The van der Waals surface area contributed by atoms with E-state index >= 15 is 0 Å². The van der Waals surface area contributed by atoms with Crippen LogP contribution < -0.4 is 5.32 Å². The first-order valence-electron chi connectivity index (χ1n) is 6.39. The molecule has 0 saturated carbocycles. The third-order valence-electron chi connectivity index (χ3n) is 3.18. The van der Waals surface area contributed by atoms with Gasteiger partial charge in [-0.1, -0.05) is 0 Å². The van der Waals surface area contributed by atoms with Crippen LogP contribution in [0.25, 0.3) is 0 Å². The molecule has 2 atom stereocenters. The number of nitrogens with zero attached hydrogens (tertiary/aromatic N) is 1. The lowest BCUT2D eigenvalue weighted by atomic mass is 10.1. The average molecular weight is 272 g/mol. The van der Waals surface area contributed by atoms with E-state index in [-0.39, 0.29) is 50.1 Å². The van der Waals surface area contributed by atoms with Crippen LogP contribution in [0.2, 0.25) is 0 Å². The van der Waals surface area contributed by atoms with Crippen LogP contribution in [0.4, 0.5) is 0 Å². The first kappa shape index (κ1) is 15.4. The number of aliphatic hydroxyl groups is 1. The van der Waals surface area contributed by atoms with Gasteiger partial charge in [0.05, 0.1) is 0 Å².